The van der Waals surface area contributed by atoms with Crippen molar-refractivity contribution in [2.24, 2.45) is 0 Å². The van der Waals surface area contributed by atoms with Gasteiger partial charge in [0.1, 0.15) is 11.3 Å². The van der Waals surface area contributed by atoms with Crippen LogP contribution in [-0.2, 0) is 9.47 Å². The highest BCUT2D eigenvalue weighted by atomic mass is 80.9. The molecule has 0 aromatic carbocycles. The van der Waals surface area contributed by atoms with Crippen molar-refractivity contribution in [2.45, 2.75) is 153 Å². The average Bonchev–Trinajstić information content (AvgIpc) is 3.83. The lowest BCUT2D eigenvalue weighted by molar-refractivity contribution is 0.00727. The van der Waals surface area contributed by atoms with Crippen LogP contribution in [0.4, 0.5) is 0 Å². The third kappa shape index (κ3) is 10.6. The number of aromatic nitrogens is 4. The Bertz CT molecular complexity index is 1960. The van der Waals surface area contributed by atoms with Gasteiger partial charge < -0.3 is 17.9 Å². The summed E-state index contributed by atoms with van der Waals surface area (Å²) >= 11 is 9.34. The van der Waals surface area contributed by atoms with Crippen molar-refractivity contribution >= 4 is 82.7 Å². The molecule has 2 saturated heterocycles. The van der Waals surface area contributed by atoms with Crippen LogP contribution in [0.5, 0.6) is 0 Å². The molecule has 13 heteroatoms. The van der Waals surface area contributed by atoms with Gasteiger partial charge in [-0.2, -0.15) is 0 Å². The predicted molar refractivity (Wildman–Crippen MR) is 265 cm³/mol. The molecular formula is C46H73Br3N6O2Si2. The summed E-state index contributed by atoms with van der Waals surface area (Å²) in [6.07, 6.45) is 19.3. The van der Waals surface area contributed by atoms with Crippen LogP contribution in [0.3, 0.4) is 0 Å². The van der Waals surface area contributed by atoms with Gasteiger partial charge in [0.2, 0.25) is 0 Å². The Morgan fingerprint density at radius 3 is 1.49 bits per heavy atom. The molecule has 2 aliphatic heterocycles. The van der Waals surface area contributed by atoms with Crippen molar-refractivity contribution < 1.29 is 9.47 Å². The van der Waals surface area contributed by atoms with Gasteiger partial charge in [0.25, 0.3) is 0 Å². The number of morpholine rings is 2. The molecule has 4 aromatic rings. The summed E-state index contributed by atoms with van der Waals surface area (Å²) in [7, 11) is -3.34. The number of nitrogens with zero attached hydrogens (tertiary/aromatic N) is 6. The maximum absolute atomic E-state index is 5.53. The number of halogens is 3. The van der Waals surface area contributed by atoms with Crippen LogP contribution in [0, 0.1) is 0 Å². The van der Waals surface area contributed by atoms with E-state index in [-0.39, 0.29) is 5.04 Å². The normalized spacial score (nSPS) is 24.4. The highest BCUT2D eigenvalue weighted by molar-refractivity contribution is 9.93. The number of ether oxygens (including phenoxy) is 2. The molecule has 6 heterocycles. The zero-order valence-electron chi connectivity index (χ0n) is 37.8. The molecule has 0 bridgehead atoms. The SMILES string of the molecule is BrBr.CC(C)(C)[Si](C)(C)n1cc(Br)c2cc(C3CCC(N4CCOCC4)CC3)cnc21.CC(C)(C)[Si](C)(C)n1ccc2cc(C3CCC(N4CCOCC4)CC3)cnc21. The van der Waals surface area contributed by atoms with Gasteiger partial charge in [0.15, 0.2) is 16.5 Å². The quantitative estimate of drug-likeness (QED) is 0.179. The lowest BCUT2D eigenvalue weighted by Gasteiger charge is -2.39. The van der Waals surface area contributed by atoms with Crippen molar-refractivity contribution in [3.63, 3.8) is 0 Å². The summed E-state index contributed by atoms with van der Waals surface area (Å²) < 4.78 is 17.2. The third-order valence-corrected chi connectivity index (χ3v) is 26.6. The Morgan fingerprint density at radius 2 is 1.03 bits per heavy atom. The summed E-state index contributed by atoms with van der Waals surface area (Å²) in [5, 5.41) is 3.17. The minimum atomic E-state index is -1.70. The first-order valence-corrected chi connectivity index (χ1v) is 32.8. The molecule has 8 rings (SSSR count). The summed E-state index contributed by atoms with van der Waals surface area (Å²) in [5.41, 5.74) is 5.19. The molecule has 328 valence electrons. The van der Waals surface area contributed by atoms with E-state index >= 15 is 0 Å². The van der Waals surface area contributed by atoms with Crippen LogP contribution in [0.25, 0.3) is 22.1 Å². The van der Waals surface area contributed by atoms with E-state index in [1.165, 1.54) is 83.4 Å². The van der Waals surface area contributed by atoms with E-state index in [0.717, 1.165) is 70.3 Å². The van der Waals surface area contributed by atoms with Gasteiger partial charge in [0.05, 0.1) is 26.4 Å². The highest BCUT2D eigenvalue weighted by Crippen LogP contribution is 2.43. The molecule has 0 unspecified atom stereocenters. The lowest BCUT2D eigenvalue weighted by Crippen LogP contribution is -2.45. The Hall–Kier alpha value is -0.906. The molecule has 0 amide bonds. The second kappa shape index (κ2) is 19.9. The van der Waals surface area contributed by atoms with Gasteiger partial charge in [0, 0.05) is 100 Å². The molecule has 0 radical (unpaired) electrons. The van der Waals surface area contributed by atoms with Gasteiger partial charge in [-0.05, 0) is 125 Å². The first-order valence-electron chi connectivity index (χ1n) is 22.4. The number of hydrogen-bond donors (Lipinski definition) is 0. The zero-order valence-corrected chi connectivity index (χ0v) is 44.6. The Kier molecular flexibility index (Phi) is 16.0. The topological polar surface area (TPSA) is 60.6 Å². The number of fused-ring (bicyclic) bond motifs is 2. The molecule has 0 spiro atoms. The largest absolute Gasteiger partial charge is 0.379 e. The highest BCUT2D eigenvalue weighted by Gasteiger charge is 2.40. The van der Waals surface area contributed by atoms with Gasteiger partial charge >= 0.3 is 0 Å². The Balaban J connectivity index is 0.000000191. The molecule has 2 aliphatic carbocycles. The summed E-state index contributed by atoms with van der Waals surface area (Å²) in [4.78, 5) is 15.3. The number of rotatable bonds is 6. The second-order valence-electron chi connectivity index (χ2n) is 20.8. The summed E-state index contributed by atoms with van der Waals surface area (Å²) in [5.74, 6) is 1.32. The van der Waals surface area contributed by atoms with Crippen molar-refractivity contribution in [3.8, 4) is 0 Å². The van der Waals surface area contributed by atoms with E-state index in [2.05, 4.69) is 173 Å². The maximum atomic E-state index is 5.53. The van der Waals surface area contributed by atoms with E-state index in [1.54, 1.807) is 0 Å². The van der Waals surface area contributed by atoms with E-state index < -0.39 is 16.5 Å². The molecule has 2 saturated carbocycles. The second-order valence-corrected chi connectivity index (χ2v) is 31.8. The molecule has 0 atom stereocenters. The van der Waals surface area contributed by atoms with Gasteiger partial charge in [-0.3, -0.25) is 9.80 Å². The smallest absolute Gasteiger partial charge is 0.163 e. The third-order valence-electron chi connectivity index (χ3n) is 15.5. The standard InChI is InChI=1S/C23H36BrN3OSi.C23H37N3OSi.Br2/c1-23(2,3)29(4,5)27-16-21(24)20-14-18(15-25-22(20)27)17-6-8-19(9-7-17)26-10-12-28-13-11-26;1-23(2,3)28(4,5)26-11-10-19-16-20(17-24-22(19)26)18-6-8-21(9-7-18)25-12-14-27-15-13-25;1-2/h14-17,19H,6-13H2,1-5H3;10-11,16-18,21H,6-9,12-15H2,1-5H3;. The minimum Gasteiger partial charge on any atom is -0.379 e. The molecule has 4 fully saturated rings. The lowest BCUT2D eigenvalue weighted by atomic mass is 9.81. The van der Waals surface area contributed by atoms with E-state index in [1.807, 2.05) is 0 Å². The maximum Gasteiger partial charge on any atom is 0.163 e. The predicted octanol–water partition coefficient (Wildman–Crippen LogP) is 12.9. The molecule has 4 aliphatic rings. The molecule has 8 nitrogen and oxygen atoms in total. The van der Waals surface area contributed by atoms with Crippen LogP contribution >= 0.6 is 44.2 Å². The zero-order chi connectivity index (χ0) is 42.8. The van der Waals surface area contributed by atoms with Crippen molar-refractivity contribution in [1.29, 1.82) is 0 Å². The first-order chi connectivity index (χ1) is 28.0. The monoisotopic (exact) mass is 1030 g/mol. The van der Waals surface area contributed by atoms with Crippen LogP contribution in [0.15, 0.2) is 47.5 Å². The molecular weight excluding hydrogens is 964 g/mol. The average molecular weight is 1040 g/mol. The van der Waals surface area contributed by atoms with Crippen LogP contribution < -0.4 is 0 Å². The summed E-state index contributed by atoms with van der Waals surface area (Å²) in [6.45, 7) is 32.1. The van der Waals surface area contributed by atoms with Crippen molar-refractivity contribution in [1.82, 2.24) is 28.2 Å². The van der Waals surface area contributed by atoms with Crippen molar-refractivity contribution in [2.75, 3.05) is 52.6 Å². The number of hydrogen-bond acceptors (Lipinski definition) is 6. The minimum absolute atomic E-state index is 0.274. The van der Waals surface area contributed by atoms with Gasteiger partial charge in [-0.25, -0.2) is 9.97 Å². The van der Waals surface area contributed by atoms with Crippen molar-refractivity contribution in [3.05, 3.63) is 58.6 Å². The van der Waals surface area contributed by atoms with Gasteiger partial charge in [-0.1, -0.05) is 67.7 Å². The van der Waals surface area contributed by atoms with E-state index in [9.17, 15) is 0 Å². The Labute approximate surface area is 382 Å². The summed E-state index contributed by atoms with van der Waals surface area (Å²) in [6, 6.07) is 8.63. The van der Waals surface area contributed by atoms with Crippen LogP contribution in [-0.4, -0.2) is 109 Å². The Morgan fingerprint density at radius 1 is 0.610 bits per heavy atom. The van der Waals surface area contributed by atoms with E-state index in [0.29, 0.717) is 16.9 Å². The number of pyridine rings is 2. The fourth-order valence-electron chi connectivity index (χ4n) is 9.61. The fraction of sp³-hybridized carbons (Fsp3) is 0.696. The van der Waals surface area contributed by atoms with E-state index in [4.69, 9.17) is 19.4 Å². The fourth-order valence-corrected chi connectivity index (χ4v) is 14.1. The molecule has 59 heavy (non-hydrogen) atoms. The van der Waals surface area contributed by atoms with Crippen LogP contribution in [0.2, 0.25) is 36.3 Å². The molecule has 4 aromatic heterocycles. The van der Waals surface area contributed by atoms with Gasteiger partial charge in [-0.15, -0.1) is 0 Å². The molecule has 0 N–H and O–H groups in total. The van der Waals surface area contributed by atoms with Crippen LogP contribution in [0.1, 0.15) is 116 Å². The first kappa shape index (κ1) is 47.6.